The lowest BCUT2D eigenvalue weighted by Crippen LogP contribution is -2.56. The van der Waals surface area contributed by atoms with E-state index in [1.165, 1.54) is 0 Å². The lowest BCUT2D eigenvalue weighted by Gasteiger charge is -2.47. The summed E-state index contributed by atoms with van der Waals surface area (Å²) in [6.45, 7) is 10.8. The van der Waals surface area contributed by atoms with Crippen LogP contribution in [0.4, 0.5) is 0 Å². The predicted octanol–water partition coefficient (Wildman–Crippen LogP) is 3.99. The van der Waals surface area contributed by atoms with Gasteiger partial charge in [0, 0.05) is 16.7 Å². The summed E-state index contributed by atoms with van der Waals surface area (Å²) in [5.41, 5.74) is -1.40. The molecule has 0 radical (unpaired) electrons. The Morgan fingerprint density at radius 2 is 1.50 bits per heavy atom. The molecule has 0 heterocycles. The molecule has 1 N–H and O–H groups in total. The van der Waals surface area contributed by atoms with Gasteiger partial charge in [-0.1, -0.05) is 53.7 Å². The van der Waals surface area contributed by atoms with Crippen molar-refractivity contribution >= 4 is 11.9 Å². The first-order valence-corrected chi connectivity index (χ1v) is 9.65. The van der Waals surface area contributed by atoms with E-state index < -0.39 is 35.0 Å². The van der Waals surface area contributed by atoms with E-state index in [0.29, 0.717) is 5.92 Å². The number of hydrogen-bond donors (Lipinski definition) is 1. The molecule has 0 aromatic carbocycles. The number of rotatable bonds is 4. The number of carbonyl (C=O) groups is 2. The van der Waals surface area contributed by atoms with E-state index >= 15 is 0 Å². The van der Waals surface area contributed by atoms with Gasteiger partial charge in [-0.3, -0.25) is 9.59 Å². The summed E-state index contributed by atoms with van der Waals surface area (Å²) in [7, 11) is 0. The molecule has 3 aliphatic rings. The van der Waals surface area contributed by atoms with Gasteiger partial charge in [-0.25, -0.2) is 0 Å². The zero-order valence-electron chi connectivity index (χ0n) is 17.0. The molecule has 26 heavy (non-hydrogen) atoms. The van der Waals surface area contributed by atoms with Gasteiger partial charge in [0.05, 0.1) is 0 Å². The molecule has 1 fully saturated rings. The van der Waals surface area contributed by atoms with Crippen molar-refractivity contribution in [1.29, 1.82) is 0 Å². The Hall–Kier alpha value is -1.36. The molecule has 3 rings (SSSR count). The van der Waals surface area contributed by atoms with Crippen molar-refractivity contribution in [2.75, 3.05) is 0 Å². The van der Waals surface area contributed by atoms with Crippen LogP contribution in [-0.2, 0) is 19.1 Å². The fourth-order valence-corrected chi connectivity index (χ4v) is 4.15. The topological polar surface area (TPSA) is 72.8 Å². The molecule has 2 bridgehead atoms. The van der Waals surface area contributed by atoms with Crippen molar-refractivity contribution in [2.45, 2.75) is 85.5 Å². The van der Waals surface area contributed by atoms with Gasteiger partial charge >= 0.3 is 11.9 Å². The molecule has 148 valence electrons. The molecule has 0 aromatic rings. The maximum Gasteiger partial charge on any atom is 0.319 e. The zero-order valence-corrected chi connectivity index (χ0v) is 17.0. The van der Waals surface area contributed by atoms with Crippen molar-refractivity contribution in [3.63, 3.8) is 0 Å². The van der Waals surface area contributed by atoms with Crippen molar-refractivity contribution < 1.29 is 24.2 Å². The quantitative estimate of drug-likeness (QED) is 0.352. The van der Waals surface area contributed by atoms with Gasteiger partial charge in [0.1, 0.15) is 12.5 Å². The molecule has 1 saturated carbocycles. The Morgan fingerprint density at radius 3 is 2.00 bits per heavy atom. The number of aliphatic hydroxyl groups is 1. The van der Waals surface area contributed by atoms with Crippen LogP contribution in [0, 0.1) is 22.7 Å². The molecule has 0 amide bonds. The summed E-state index contributed by atoms with van der Waals surface area (Å²) in [5.74, 6) is -2.19. The largest absolute Gasteiger partial charge is 0.461 e. The summed E-state index contributed by atoms with van der Waals surface area (Å²) in [4.78, 5) is 24.6. The number of hydrogen-bond acceptors (Lipinski definition) is 5. The number of fused-ring (bicyclic) bond motifs is 3. The van der Waals surface area contributed by atoms with Crippen LogP contribution in [0.15, 0.2) is 12.2 Å². The molecule has 3 aliphatic carbocycles. The highest BCUT2D eigenvalue weighted by molar-refractivity contribution is 5.91. The average Bonchev–Trinajstić information content (AvgIpc) is 2.78. The van der Waals surface area contributed by atoms with E-state index in [4.69, 9.17) is 9.47 Å². The van der Waals surface area contributed by atoms with E-state index in [1.54, 1.807) is 41.5 Å². The Morgan fingerprint density at radius 1 is 0.923 bits per heavy atom. The van der Waals surface area contributed by atoms with Gasteiger partial charge in [0.25, 0.3) is 0 Å². The van der Waals surface area contributed by atoms with Gasteiger partial charge < -0.3 is 14.6 Å². The molecule has 0 aromatic heterocycles. The summed E-state index contributed by atoms with van der Waals surface area (Å²) >= 11 is 0. The Bertz CT molecular complexity index is 550. The second-order valence-electron chi connectivity index (χ2n) is 9.79. The molecule has 0 spiro atoms. The van der Waals surface area contributed by atoms with E-state index in [9.17, 15) is 14.7 Å². The SMILES string of the molecule is CC(C)(C)C(O)(OC(=O)CC(=O)OC1CCC2C=CC1CC2)C(C)(C)C. The van der Waals surface area contributed by atoms with Crippen molar-refractivity contribution in [3.8, 4) is 0 Å². The van der Waals surface area contributed by atoms with Crippen LogP contribution in [0.1, 0.15) is 73.6 Å². The van der Waals surface area contributed by atoms with Crippen molar-refractivity contribution in [1.82, 2.24) is 0 Å². The van der Waals surface area contributed by atoms with Crippen molar-refractivity contribution in [3.05, 3.63) is 12.2 Å². The molecular weight excluding hydrogens is 332 g/mol. The number of carbonyl (C=O) groups excluding carboxylic acids is 2. The number of ether oxygens (including phenoxy) is 2. The molecule has 3 unspecified atom stereocenters. The monoisotopic (exact) mass is 366 g/mol. The Labute approximate surface area is 157 Å². The lowest BCUT2D eigenvalue weighted by atomic mass is 9.70. The van der Waals surface area contributed by atoms with Gasteiger partial charge in [-0.05, 0) is 31.6 Å². The first kappa shape index (κ1) is 20.9. The Balaban J connectivity index is 1.96. The highest BCUT2D eigenvalue weighted by Gasteiger charge is 2.53. The first-order chi connectivity index (χ1) is 11.8. The molecule has 5 heteroatoms. The number of allylic oxidation sites excluding steroid dienone is 1. The van der Waals surface area contributed by atoms with Crippen LogP contribution in [0.2, 0.25) is 0 Å². The van der Waals surface area contributed by atoms with E-state index in [2.05, 4.69) is 12.2 Å². The standard InChI is InChI=1S/C21H34O5/c1-19(2,3)21(24,20(4,5)6)26-18(23)13-17(22)25-16-12-9-14-7-10-15(16)11-8-14/h7,10,14-16,24H,8-9,11-13H2,1-6H3. The average molecular weight is 366 g/mol. The second kappa shape index (κ2) is 7.34. The summed E-state index contributed by atoms with van der Waals surface area (Å²) in [5, 5.41) is 11.0. The van der Waals surface area contributed by atoms with Crippen molar-refractivity contribution in [2.24, 2.45) is 22.7 Å². The smallest absolute Gasteiger partial charge is 0.319 e. The van der Waals surface area contributed by atoms with E-state index in [0.717, 1.165) is 25.7 Å². The minimum atomic E-state index is -1.69. The van der Waals surface area contributed by atoms with Crippen LogP contribution in [0.3, 0.4) is 0 Å². The normalized spacial score (nSPS) is 26.3. The van der Waals surface area contributed by atoms with E-state index in [1.807, 2.05) is 0 Å². The van der Waals surface area contributed by atoms with Crippen LogP contribution in [0.25, 0.3) is 0 Å². The third-order valence-corrected chi connectivity index (χ3v) is 5.67. The maximum atomic E-state index is 12.3. The highest BCUT2D eigenvalue weighted by Crippen LogP contribution is 2.45. The first-order valence-electron chi connectivity index (χ1n) is 9.65. The zero-order chi connectivity index (χ0) is 19.8. The van der Waals surface area contributed by atoms with Gasteiger partial charge in [0.2, 0.25) is 5.79 Å². The minimum Gasteiger partial charge on any atom is -0.461 e. The molecule has 0 aliphatic heterocycles. The van der Waals surface area contributed by atoms with Crippen LogP contribution >= 0.6 is 0 Å². The van der Waals surface area contributed by atoms with E-state index in [-0.39, 0.29) is 12.0 Å². The number of esters is 2. The maximum absolute atomic E-state index is 12.3. The lowest BCUT2D eigenvalue weighted by molar-refractivity contribution is -0.297. The fraction of sp³-hybridized carbons (Fsp3) is 0.810. The van der Waals surface area contributed by atoms with Gasteiger partial charge in [-0.2, -0.15) is 0 Å². The molecule has 3 atom stereocenters. The third kappa shape index (κ3) is 4.48. The van der Waals surface area contributed by atoms with Gasteiger partial charge in [0.15, 0.2) is 0 Å². The third-order valence-electron chi connectivity index (χ3n) is 5.67. The molecule has 5 nitrogen and oxygen atoms in total. The summed E-state index contributed by atoms with van der Waals surface area (Å²) < 4.78 is 11.0. The second-order valence-corrected chi connectivity index (χ2v) is 9.79. The summed E-state index contributed by atoms with van der Waals surface area (Å²) in [6, 6.07) is 0. The molecular formula is C21H34O5. The Kier molecular flexibility index (Phi) is 5.91. The highest BCUT2D eigenvalue weighted by atomic mass is 16.7. The van der Waals surface area contributed by atoms with Crippen LogP contribution in [0.5, 0.6) is 0 Å². The fourth-order valence-electron chi connectivity index (χ4n) is 4.15. The predicted molar refractivity (Wildman–Crippen MR) is 99.0 cm³/mol. The van der Waals surface area contributed by atoms with Crippen LogP contribution < -0.4 is 0 Å². The summed E-state index contributed by atoms with van der Waals surface area (Å²) in [6.07, 6.45) is 7.74. The van der Waals surface area contributed by atoms with Crippen LogP contribution in [-0.4, -0.2) is 28.9 Å². The van der Waals surface area contributed by atoms with Gasteiger partial charge in [-0.15, -0.1) is 0 Å². The minimum absolute atomic E-state index is 0.164. The molecule has 0 saturated heterocycles.